The van der Waals surface area contributed by atoms with E-state index in [2.05, 4.69) is 20.9 Å². The van der Waals surface area contributed by atoms with Crippen molar-refractivity contribution in [2.45, 2.75) is 76.7 Å². The zero-order valence-electron chi connectivity index (χ0n) is 22.1. The van der Waals surface area contributed by atoms with E-state index in [1.807, 2.05) is 24.3 Å². The number of aromatic nitrogens is 1. The van der Waals surface area contributed by atoms with Crippen molar-refractivity contribution in [2.75, 3.05) is 6.54 Å². The monoisotopic (exact) mass is 532 g/mol. The number of carbonyl (C=O) groups excluding carboxylic acids is 3. The highest BCUT2D eigenvalue weighted by Crippen LogP contribution is 2.19. The molecule has 1 aromatic carbocycles. The van der Waals surface area contributed by atoms with Gasteiger partial charge in [-0.25, -0.2) is 4.79 Å². The molecular formula is C26H40N6O6. The normalized spacial score (nSPS) is 15.3. The van der Waals surface area contributed by atoms with Crippen molar-refractivity contribution in [3.8, 4) is 0 Å². The van der Waals surface area contributed by atoms with Crippen LogP contribution in [0.4, 0.5) is 0 Å². The first-order valence-corrected chi connectivity index (χ1v) is 12.8. The van der Waals surface area contributed by atoms with Gasteiger partial charge in [-0.2, -0.15) is 0 Å². The minimum Gasteiger partial charge on any atom is -0.480 e. The summed E-state index contributed by atoms with van der Waals surface area (Å²) in [6.07, 6.45) is 2.11. The molecule has 1 heterocycles. The van der Waals surface area contributed by atoms with Gasteiger partial charge < -0.3 is 42.6 Å². The van der Waals surface area contributed by atoms with Crippen LogP contribution in [0.5, 0.6) is 0 Å². The fourth-order valence-corrected chi connectivity index (χ4v) is 4.07. The average molecular weight is 533 g/mol. The van der Waals surface area contributed by atoms with Gasteiger partial charge in [0.1, 0.15) is 18.1 Å². The predicted octanol–water partition coefficient (Wildman–Crippen LogP) is -0.257. The van der Waals surface area contributed by atoms with E-state index in [1.165, 1.54) is 6.92 Å². The third-order valence-corrected chi connectivity index (χ3v) is 6.33. The van der Waals surface area contributed by atoms with Gasteiger partial charge in [0.05, 0.1) is 12.1 Å². The SMILES string of the molecule is CC(C)C(NC(=O)C(N)CCCCN)C(=O)NC(C(=O)NC(Cc1c[nH]c2ccccc12)C(=O)O)C(C)O. The van der Waals surface area contributed by atoms with Crippen LogP contribution >= 0.6 is 0 Å². The molecule has 0 spiro atoms. The predicted molar refractivity (Wildman–Crippen MR) is 143 cm³/mol. The van der Waals surface area contributed by atoms with Gasteiger partial charge in [0.2, 0.25) is 17.7 Å². The van der Waals surface area contributed by atoms with Gasteiger partial charge in [-0.15, -0.1) is 0 Å². The Morgan fingerprint density at radius 3 is 2.18 bits per heavy atom. The number of carboxylic acids is 1. The Labute approximate surface area is 221 Å². The molecule has 5 atom stereocenters. The number of aromatic amines is 1. The molecule has 0 aliphatic carbocycles. The van der Waals surface area contributed by atoms with Gasteiger partial charge in [-0.3, -0.25) is 14.4 Å². The first-order chi connectivity index (χ1) is 18.0. The summed E-state index contributed by atoms with van der Waals surface area (Å²) in [4.78, 5) is 53.6. The van der Waals surface area contributed by atoms with Crippen molar-refractivity contribution in [3.05, 3.63) is 36.0 Å². The lowest BCUT2D eigenvalue weighted by Gasteiger charge is -2.28. The maximum absolute atomic E-state index is 13.1. The second-order valence-electron chi connectivity index (χ2n) is 9.81. The van der Waals surface area contributed by atoms with Crippen molar-refractivity contribution < 1.29 is 29.4 Å². The van der Waals surface area contributed by atoms with Crippen molar-refractivity contribution in [1.29, 1.82) is 0 Å². The molecule has 10 N–H and O–H groups in total. The van der Waals surface area contributed by atoms with Crippen molar-refractivity contribution in [1.82, 2.24) is 20.9 Å². The van der Waals surface area contributed by atoms with E-state index in [0.29, 0.717) is 24.9 Å². The van der Waals surface area contributed by atoms with Crippen LogP contribution in [0, 0.1) is 5.92 Å². The molecule has 2 aromatic rings. The molecule has 3 amide bonds. The summed E-state index contributed by atoms with van der Waals surface area (Å²) >= 11 is 0. The van der Waals surface area contributed by atoms with E-state index in [-0.39, 0.29) is 12.3 Å². The van der Waals surface area contributed by atoms with Gasteiger partial charge >= 0.3 is 5.97 Å². The van der Waals surface area contributed by atoms with Crippen LogP contribution in [-0.2, 0) is 25.6 Å². The number of benzene rings is 1. The standard InChI is InChI=1S/C26H40N6O6/c1-14(2)21(31-23(34)18(28)9-6-7-11-27)24(35)32-22(15(3)33)25(36)30-20(26(37)38)12-16-13-29-19-10-5-4-8-17(16)19/h4-5,8,10,13-15,18,20-22,29,33H,6-7,9,11-12,27-28H2,1-3H3,(H,30,36)(H,31,34)(H,32,35)(H,37,38). The number of carbonyl (C=O) groups is 4. The lowest BCUT2D eigenvalue weighted by Crippen LogP contribution is -2.61. The molecule has 5 unspecified atom stereocenters. The van der Waals surface area contributed by atoms with Gasteiger partial charge in [0.25, 0.3) is 0 Å². The summed E-state index contributed by atoms with van der Waals surface area (Å²) in [6.45, 7) is 5.21. The van der Waals surface area contributed by atoms with E-state index < -0.39 is 54.0 Å². The Balaban J connectivity index is 2.10. The molecule has 12 nitrogen and oxygen atoms in total. The van der Waals surface area contributed by atoms with Gasteiger partial charge in [-0.05, 0) is 43.9 Å². The van der Waals surface area contributed by atoms with Crippen LogP contribution in [0.25, 0.3) is 10.9 Å². The maximum Gasteiger partial charge on any atom is 0.326 e. The third kappa shape index (κ3) is 8.54. The Morgan fingerprint density at radius 2 is 1.58 bits per heavy atom. The van der Waals surface area contributed by atoms with E-state index in [0.717, 1.165) is 17.3 Å². The highest BCUT2D eigenvalue weighted by Gasteiger charge is 2.34. The minimum absolute atomic E-state index is 0.0156. The number of amides is 3. The second kappa shape index (κ2) is 14.5. The zero-order valence-corrected chi connectivity index (χ0v) is 22.1. The van der Waals surface area contributed by atoms with Crippen LogP contribution in [0.2, 0.25) is 0 Å². The fourth-order valence-electron chi connectivity index (χ4n) is 4.07. The Kier molecular flexibility index (Phi) is 11.7. The van der Waals surface area contributed by atoms with Gasteiger partial charge in [0, 0.05) is 23.5 Å². The Bertz CT molecular complexity index is 1100. The number of nitrogens with one attached hydrogen (secondary N) is 4. The van der Waals surface area contributed by atoms with E-state index in [9.17, 15) is 29.4 Å². The van der Waals surface area contributed by atoms with Gasteiger partial charge in [-0.1, -0.05) is 38.5 Å². The highest BCUT2D eigenvalue weighted by molar-refractivity contribution is 5.94. The van der Waals surface area contributed by atoms with Crippen LogP contribution in [0.1, 0.15) is 45.6 Å². The summed E-state index contributed by atoms with van der Waals surface area (Å²) in [5.74, 6) is -3.71. The van der Waals surface area contributed by atoms with E-state index in [4.69, 9.17) is 11.5 Å². The lowest BCUT2D eigenvalue weighted by atomic mass is 10.0. The molecule has 1 aromatic heterocycles. The van der Waals surface area contributed by atoms with E-state index in [1.54, 1.807) is 20.0 Å². The maximum atomic E-state index is 13.1. The Morgan fingerprint density at radius 1 is 0.947 bits per heavy atom. The fraction of sp³-hybridized carbons (Fsp3) is 0.538. The molecule has 0 aliphatic rings. The highest BCUT2D eigenvalue weighted by atomic mass is 16.4. The molecule has 0 bridgehead atoms. The number of hydrogen-bond donors (Lipinski definition) is 8. The number of unbranched alkanes of at least 4 members (excludes halogenated alkanes) is 1. The van der Waals surface area contributed by atoms with E-state index >= 15 is 0 Å². The second-order valence-corrected chi connectivity index (χ2v) is 9.81. The number of para-hydroxylation sites is 1. The number of nitrogens with two attached hydrogens (primary N) is 2. The number of aliphatic carboxylic acids is 1. The summed E-state index contributed by atoms with van der Waals surface area (Å²) in [5.41, 5.74) is 12.9. The minimum atomic E-state index is -1.45. The quantitative estimate of drug-likeness (QED) is 0.143. The van der Waals surface area contributed by atoms with Crippen molar-refractivity contribution in [2.24, 2.45) is 17.4 Å². The van der Waals surface area contributed by atoms with Gasteiger partial charge in [0.15, 0.2) is 0 Å². The van der Waals surface area contributed by atoms with Crippen molar-refractivity contribution >= 4 is 34.6 Å². The smallest absolute Gasteiger partial charge is 0.326 e. The first kappa shape index (κ1) is 30.7. The number of aliphatic hydroxyl groups excluding tert-OH is 1. The molecule has 2 rings (SSSR count). The summed E-state index contributed by atoms with van der Waals surface area (Å²) < 4.78 is 0. The number of H-pyrrole nitrogens is 1. The largest absolute Gasteiger partial charge is 0.480 e. The molecule has 12 heteroatoms. The first-order valence-electron chi connectivity index (χ1n) is 12.8. The van der Waals surface area contributed by atoms with Crippen LogP contribution in [-0.4, -0.2) is 75.7 Å². The number of aliphatic hydroxyl groups is 1. The summed E-state index contributed by atoms with van der Waals surface area (Å²) in [7, 11) is 0. The average Bonchev–Trinajstić information content (AvgIpc) is 3.27. The number of hydrogen-bond acceptors (Lipinski definition) is 7. The molecule has 0 fully saturated rings. The number of carboxylic acid groups (broad SMARTS) is 1. The summed E-state index contributed by atoms with van der Waals surface area (Å²) in [6, 6.07) is 2.73. The molecule has 0 saturated carbocycles. The van der Waals surface area contributed by atoms with Crippen LogP contribution in [0.15, 0.2) is 30.5 Å². The molecule has 0 aliphatic heterocycles. The third-order valence-electron chi connectivity index (χ3n) is 6.33. The molecule has 210 valence electrons. The number of fused-ring (bicyclic) bond motifs is 1. The Hall–Kier alpha value is -3.48. The van der Waals surface area contributed by atoms with Crippen molar-refractivity contribution in [3.63, 3.8) is 0 Å². The lowest BCUT2D eigenvalue weighted by molar-refractivity contribution is -0.143. The van der Waals surface area contributed by atoms with Crippen LogP contribution in [0.3, 0.4) is 0 Å². The van der Waals surface area contributed by atoms with Crippen LogP contribution < -0.4 is 27.4 Å². The number of rotatable bonds is 15. The molecule has 0 saturated heterocycles. The molecule has 0 radical (unpaired) electrons. The zero-order chi connectivity index (χ0) is 28.4. The molecular weight excluding hydrogens is 492 g/mol. The topological polar surface area (TPSA) is 213 Å². The molecule has 38 heavy (non-hydrogen) atoms. The summed E-state index contributed by atoms with van der Waals surface area (Å²) in [5, 5.41) is 28.3.